The molecule has 0 aliphatic carbocycles. The molecule has 4 aromatic rings. The van der Waals surface area contributed by atoms with E-state index in [4.69, 9.17) is 0 Å². The molecule has 2 N–H and O–H groups in total. The Morgan fingerprint density at radius 2 is 1.79 bits per heavy atom. The second-order valence-electron chi connectivity index (χ2n) is 6.32. The molecule has 0 radical (unpaired) electrons. The summed E-state index contributed by atoms with van der Waals surface area (Å²) in [5, 5.41) is 10.6. The first-order chi connectivity index (χ1) is 14.2. The van der Waals surface area contributed by atoms with E-state index >= 15 is 0 Å². The fourth-order valence-corrected chi connectivity index (χ4v) is 4.45. The molecule has 0 saturated carbocycles. The lowest BCUT2D eigenvalue weighted by Gasteiger charge is -2.18. The fraction of sp³-hybridized carbons (Fsp3) is 0.0909. The van der Waals surface area contributed by atoms with Crippen LogP contribution in [0.3, 0.4) is 0 Å². The minimum atomic E-state index is -0.341. The summed E-state index contributed by atoms with van der Waals surface area (Å²) in [6, 6.07) is 19.3. The topological polar surface area (TPSA) is 54.0 Å². The smallest absolute Gasteiger partial charge is 0.315 e. The van der Waals surface area contributed by atoms with Crippen LogP contribution in [0, 0.1) is 5.82 Å². The van der Waals surface area contributed by atoms with Gasteiger partial charge in [0, 0.05) is 15.8 Å². The van der Waals surface area contributed by atoms with Gasteiger partial charge in [0.15, 0.2) is 0 Å². The van der Waals surface area contributed by atoms with Gasteiger partial charge in [0.1, 0.15) is 10.8 Å². The first-order valence-electron chi connectivity index (χ1n) is 9.02. The van der Waals surface area contributed by atoms with Crippen molar-refractivity contribution in [2.45, 2.75) is 12.6 Å². The van der Waals surface area contributed by atoms with Crippen molar-refractivity contribution in [2.75, 3.05) is 0 Å². The number of thiophene rings is 1. The SMILES string of the molecule is O=C(NCc1nc(-c2ccccc2)cs1)NC(c1ccc(F)cc1)c1cccs1. The lowest BCUT2D eigenvalue weighted by atomic mass is 10.1. The predicted octanol–water partition coefficient (Wildman–Crippen LogP) is 5.60. The molecule has 7 heteroatoms. The van der Waals surface area contributed by atoms with Crippen LogP contribution in [0.2, 0.25) is 0 Å². The molecule has 146 valence electrons. The van der Waals surface area contributed by atoms with Gasteiger partial charge in [0.2, 0.25) is 0 Å². The Kier molecular flexibility index (Phi) is 5.97. The summed E-state index contributed by atoms with van der Waals surface area (Å²) in [6.45, 7) is 0.337. The lowest BCUT2D eigenvalue weighted by Crippen LogP contribution is -2.37. The van der Waals surface area contributed by atoms with E-state index < -0.39 is 0 Å². The maximum absolute atomic E-state index is 13.3. The van der Waals surface area contributed by atoms with E-state index in [2.05, 4.69) is 15.6 Å². The Morgan fingerprint density at radius 3 is 2.52 bits per heavy atom. The molecule has 2 amide bonds. The number of urea groups is 1. The number of aromatic nitrogens is 1. The number of thiazole rings is 1. The number of halogens is 1. The number of carbonyl (C=O) groups excluding carboxylic acids is 1. The molecule has 4 nitrogen and oxygen atoms in total. The number of rotatable bonds is 6. The third kappa shape index (κ3) is 4.88. The fourth-order valence-electron chi connectivity index (χ4n) is 2.90. The zero-order valence-corrected chi connectivity index (χ0v) is 17.0. The van der Waals surface area contributed by atoms with E-state index in [0.29, 0.717) is 6.54 Å². The summed E-state index contributed by atoms with van der Waals surface area (Å²) in [5.74, 6) is -0.305. The van der Waals surface area contributed by atoms with E-state index in [1.165, 1.54) is 23.5 Å². The second-order valence-corrected chi connectivity index (χ2v) is 8.24. The lowest BCUT2D eigenvalue weighted by molar-refractivity contribution is 0.238. The van der Waals surface area contributed by atoms with E-state index in [1.54, 1.807) is 23.5 Å². The van der Waals surface area contributed by atoms with Crippen LogP contribution in [0.15, 0.2) is 77.5 Å². The van der Waals surface area contributed by atoms with Crippen molar-refractivity contribution in [1.29, 1.82) is 0 Å². The van der Waals surface area contributed by atoms with Crippen molar-refractivity contribution >= 4 is 28.7 Å². The largest absolute Gasteiger partial charge is 0.332 e. The van der Waals surface area contributed by atoms with Crippen molar-refractivity contribution < 1.29 is 9.18 Å². The number of hydrogen-bond acceptors (Lipinski definition) is 4. The van der Waals surface area contributed by atoms with Gasteiger partial charge in [-0.05, 0) is 29.1 Å². The third-order valence-electron chi connectivity index (χ3n) is 4.33. The summed E-state index contributed by atoms with van der Waals surface area (Å²) in [4.78, 5) is 18.1. The summed E-state index contributed by atoms with van der Waals surface area (Å²) in [7, 11) is 0. The summed E-state index contributed by atoms with van der Waals surface area (Å²) in [6.07, 6.45) is 0. The minimum absolute atomic E-state index is 0.302. The van der Waals surface area contributed by atoms with Crippen LogP contribution in [0.1, 0.15) is 21.5 Å². The van der Waals surface area contributed by atoms with E-state index in [0.717, 1.165) is 26.7 Å². The molecule has 29 heavy (non-hydrogen) atoms. The van der Waals surface area contributed by atoms with Gasteiger partial charge in [-0.3, -0.25) is 0 Å². The van der Waals surface area contributed by atoms with Crippen LogP contribution < -0.4 is 10.6 Å². The van der Waals surface area contributed by atoms with Crippen LogP contribution in [0.25, 0.3) is 11.3 Å². The predicted molar refractivity (Wildman–Crippen MR) is 115 cm³/mol. The molecule has 2 aromatic heterocycles. The molecule has 4 rings (SSSR count). The van der Waals surface area contributed by atoms with Crippen molar-refractivity contribution in [3.05, 3.63) is 98.8 Å². The number of nitrogens with one attached hydrogen (secondary N) is 2. The number of hydrogen-bond donors (Lipinski definition) is 2. The van der Waals surface area contributed by atoms with Gasteiger partial charge in [-0.2, -0.15) is 0 Å². The Balaban J connectivity index is 1.41. The molecule has 2 heterocycles. The standard InChI is InChI=1S/C22H18FN3OS2/c23-17-10-8-16(9-11-17)21(19-7-4-12-28-19)26-22(27)24-13-20-25-18(14-29-20)15-5-2-1-3-6-15/h1-12,14,21H,13H2,(H2,24,26,27). The quantitative estimate of drug-likeness (QED) is 0.424. The molecular formula is C22H18FN3OS2. The highest BCUT2D eigenvalue weighted by Gasteiger charge is 2.18. The molecule has 0 fully saturated rings. The third-order valence-corrected chi connectivity index (χ3v) is 6.11. The maximum Gasteiger partial charge on any atom is 0.315 e. The Labute approximate surface area is 176 Å². The second kappa shape index (κ2) is 8.98. The molecular weight excluding hydrogens is 405 g/mol. The Bertz CT molecular complexity index is 1060. The molecule has 0 spiro atoms. The highest BCUT2D eigenvalue weighted by molar-refractivity contribution is 7.10. The van der Waals surface area contributed by atoms with Gasteiger partial charge < -0.3 is 10.6 Å². The zero-order valence-electron chi connectivity index (χ0n) is 15.3. The van der Waals surface area contributed by atoms with Crippen LogP contribution >= 0.6 is 22.7 Å². The number of benzene rings is 2. The van der Waals surface area contributed by atoms with Gasteiger partial charge in [0.05, 0.1) is 18.3 Å². The number of nitrogens with zero attached hydrogens (tertiary/aromatic N) is 1. The van der Waals surface area contributed by atoms with Crippen molar-refractivity contribution in [3.63, 3.8) is 0 Å². The number of carbonyl (C=O) groups is 1. The normalized spacial score (nSPS) is 11.8. The zero-order chi connectivity index (χ0) is 20.1. The van der Waals surface area contributed by atoms with Crippen LogP contribution in [0.5, 0.6) is 0 Å². The van der Waals surface area contributed by atoms with E-state index in [1.807, 2.05) is 53.2 Å². The molecule has 0 aliphatic rings. The Morgan fingerprint density at radius 1 is 1.00 bits per heavy atom. The highest BCUT2D eigenvalue weighted by Crippen LogP contribution is 2.26. The van der Waals surface area contributed by atoms with E-state index in [9.17, 15) is 9.18 Å². The van der Waals surface area contributed by atoms with Gasteiger partial charge in [-0.1, -0.05) is 48.5 Å². The summed E-state index contributed by atoms with van der Waals surface area (Å²) < 4.78 is 13.3. The van der Waals surface area contributed by atoms with Gasteiger partial charge in [0.25, 0.3) is 0 Å². The highest BCUT2D eigenvalue weighted by atomic mass is 32.1. The van der Waals surface area contributed by atoms with Crippen molar-refractivity contribution in [2.24, 2.45) is 0 Å². The monoisotopic (exact) mass is 423 g/mol. The Hall–Kier alpha value is -3.03. The molecule has 1 unspecified atom stereocenters. The first-order valence-corrected chi connectivity index (χ1v) is 10.8. The van der Waals surface area contributed by atoms with Crippen LogP contribution in [-0.4, -0.2) is 11.0 Å². The molecule has 0 bridgehead atoms. The molecule has 2 aromatic carbocycles. The van der Waals surface area contributed by atoms with Gasteiger partial charge in [-0.25, -0.2) is 14.2 Å². The van der Waals surface area contributed by atoms with Gasteiger partial charge >= 0.3 is 6.03 Å². The van der Waals surface area contributed by atoms with Crippen molar-refractivity contribution in [3.8, 4) is 11.3 Å². The van der Waals surface area contributed by atoms with Crippen molar-refractivity contribution in [1.82, 2.24) is 15.6 Å². The summed E-state index contributed by atoms with van der Waals surface area (Å²) in [5.41, 5.74) is 2.77. The summed E-state index contributed by atoms with van der Waals surface area (Å²) >= 11 is 3.05. The van der Waals surface area contributed by atoms with Crippen LogP contribution in [-0.2, 0) is 6.54 Å². The minimum Gasteiger partial charge on any atom is -0.332 e. The average Bonchev–Trinajstić information content (AvgIpc) is 3.44. The molecule has 0 saturated heterocycles. The maximum atomic E-state index is 13.3. The first kappa shape index (κ1) is 19.3. The average molecular weight is 424 g/mol. The van der Waals surface area contributed by atoms with E-state index in [-0.39, 0.29) is 17.9 Å². The number of amides is 2. The van der Waals surface area contributed by atoms with Gasteiger partial charge in [-0.15, -0.1) is 22.7 Å². The molecule has 0 aliphatic heterocycles. The van der Waals surface area contributed by atoms with Crippen LogP contribution in [0.4, 0.5) is 9.18 Å². The molecule has 1 atom stereocenters.